The van der Waals surface area contributed by atoms with Gasteiger partial charge in [0.2, 0.25) is 0 Å². The molecule has 14 heavy (non-hydrogen) atoms. The van der Waals surface area contributed by atoms with E-state index in [9.17, 15) is 13.8 Å². The van der Waals surface area contributed by atoms with Crippen molar-refractivity contribution in [1.82, 2.24) is 0 Å². The number of benzene rings is 1. The molecule has 0 aromatic heterocycles. The Hall–Kier alpha value is -0.700. The van der Waals surface area contributed by atoms with E-state index in [2.05, 4.69) is 0 Å². The van der Waals surface area contributed by atoms with E-state index in [0.717, 1.165) is 0 Å². The van der Waals surface area contributed by atoms with Crippen LogP contribution in [0, 0.1) is 0 Å². The number of halogens is 1. The highest BCUT2D eigenvalue weighted by atomic mass is 31.2. The van der Waals surface area contributed by atoms with Gasteiger partial charge in [0, 0.05) is 0 Å². The first-order valence-electron chi connectivity index (χ1n) is 4.23. The first-order chi connectivity index (χ1) is 6.60. The third-order valence-corrected chi connectivity index (χ3v) is 3.23. The quantitative estimate of drug-likeness (QED) is 0.786. The first kappa shape index (κ1) is 11.4. The van der Waals surface area contributed by atoms with Gasteiger partial charge in [-0.3, -0.25) is 4.57 Å². The second kappa shape index (κ2) is 4.69. The first-order valence-corrected chi connectivity index (χ1v) is 5.80. The molecule has 1 atom stereocenters. The van der Waals surface area contributed by atoms with Crippen molar-refractivity contribution >= 4 is 12.9 Å². The largest absolute Gasteiger partial charge is 0.358 e. The molecule has 0 aliphatic rings. The standard InChI is InChI=1S/C9H12FO3P/c1-2-13-14(11,12)9-5-3-4-8(6-9)7-10/h3-6H,2,7H2,1H3,(H,11,12). The smallest absolute Gasteiger partial charge is 0.321 e. The van der Waals surface area contributed by atoms with Gasteiger partial charge in [-0.2, -0.15) is 0 Å². The topological polar surface area (TPSA) is 46.5 Å². The molecule has 0 saturated heterocycles. The number of alkyl halides is 1. The lowest BCUT2D eigenvalue weighted by molar-refractivity contribution is 0.284. The van der Waals surface area contributed by atoms with Crippen LogP contribution >= 0.6 is 7.60 Å². The summed E-state index contributed by atoms with van der Waals surface area (Å²) in [5.74, 6) is 0. The lowest BCUT2D eigenvalue weighted by Gasteiger charge is -2.10. The molecular formula is C9H12FO3P. The third-order valence-electron chi connectivity index (χ3n) is 1.70. The van der Waals surface area contributed by atoms with Crippen molar-refractivity contribution in [3.8, 4) is 0 Å². The molecule has 1 unspecified atom stereocenters. The van der Waals surface area contributed by atoms with Gasteiger partial charge >= 0.3 is 7.60 Å². The Kier molecular flexibility index (Phi) is 3.81. The van der Waals surface area contributed by atoms with Gasteiger partial charge in [-0.15, -0.1) is 0 Å². The molecule has 3 nitrogen and oxygen atoms in total. The lowest BCUT2D eigenvalue weighted by atomic mass is 10.2. The van der Waals surface area contributed by atoms with Crippen LogP contribution in [0.3, 0.4) is 0 Å². The van der Waals surface area contributed by atoms with Crippen molar-refractivity contribution < 1.29 is 18.4 Å². The fraction of sp³-hybridized carbons (Fsp3) is 0.333. The van der Waals surface area contributed by atoms with Crippen LogP contribution in [0.4, 0.5) is 4.39 Å². The highest BCUT2D eigenvalue weighted by Gasteiger charge is 2.21. The zero-order valence-electron chi connectivity index (χ0n) is 7.81. The van der Waals surface area contributed by atoms with Gasteiger partial charge in [-0.05, 0) is 24.6 Å². The van der Waals surface area contributed by atoms with Crippen LogP contribution in [0.5, 0.6) is 0 Å². The maximum Gasteiger partial charge on any atom is 0.358 e. The average Bonchev–Trinajstić information content (AvgIpc) is 2.18. The molecule has 1 N–H and O–H groups in total. The summed E-state index contributed by atoms with van der Waals surface area (Å²) in [6.07, 6.45) is 0. The summed E-state index contributed by atoms with van der Waals surface area (Å²) in [5.41, 5.74) is 0.372. The molecule has 0 amide bonds. The highest BCUT2D eigenvalue weighted by Crippen LogP contribution is 2.40. The van der Waals surface area contributed by atoms with E-state index < -0.39 is 14.3 Å². The average molecular weight is 218 g/mol. The van der Waals surface area contributed by atoms with E-state index in [4.69, 9.17) is 4.52 Å². The summed E-state index contributed by atoms with van der Waals surface area (Å²) in [7, 11) is -3.75. The zero-order chi connectivity index (χ0) is 10.6. The highest BCUT2D eigenvalue weighted by molar-refractivity contribution is 7.61. The molecule has 0 aliphatic heterocycles. The molecule has 0 heterocycles. The summed E-state index contributed by atoms with van der Waals surface area (Å²) < 4.78 is 28.5. The Labute approximate surface area is 82.1 Å². The Bertz CT molecular complexity index is 354. The van der Waals surface area contributed by atoms with E-state index in [1.807, 2.05) is 0 Å². The normalized spacial score (nSPS) is 15.1. The SMILES string of the molecule is CCOP(=O)(O)c1cccc(CF)c1. The molecule has 5 heteroatoms. The lowest BCUT2D eigenvalue weighted by Crippen LogP contribution is -2.07. The fourth-order valence-electron chi connectivity index (χ4n) is 1.06. The molecule has 1 rings (SSSR count). The minimum Gasteiger partial charge on any atom is -0.321 e. The van der Waals surface area contributed by atoms with Crippen molar-refractivity contribution in [2.75, 3.05) is 6.61 Å². The maximum atomic E-state index is 12.3. The molecular weight excluding hydrogens is 206 g/mol. The minimum atomic E-state index is -3.75. The van der Waals surface area contributed by atoms with Crippen LogP contribution in [0.1, 0.15) is 12.5 Å². The van der Waals surface area contributed by atoms with Crippen molar-refractivity contribution in [2.24, 2.45) is 0 Å². The van der Waals surface area contributed by atoms with Gasteiger partial charge in [-0.25, -0.2) is 4.39 Å². The van der Waals surface area contributed by atoms with Gasteiger partial charge in [0.15, 0.2) is 0 Å². The predicted molar refractivity (Wildman–Crippen MR) is 52.3 cm³/mol. The third kappa shape index (κ3) is 2.64. The fourth-order valence-corrected chi connectivity index (χ4v) is 2.17. The van der Waals surface area contributed by atoms with Crippen molar-refractivity contribution in [1.29, 1.82) is 0 Å². The van der Waals surface area contributed by atoms with Crippen molar-refractivity contribution in [2.45, 2.75) is 13.6 Å². The number of hydrogen-bond donors (Lipinski definition) is 1. The second-order valence-corrected chi connectivity index (χ2v) is 4.56. The van der Waals surface area contributed by atoms with Gasteiger partial charge in [0.05, 0.1) is 11.9 Å². The van der Waals surface area contributed by atoms with Gasteiger partial charge in [0.1, 0.15) is 6.67 Å². The molecule has 0 saturated carbocycles. The summed E-state index contributed by atoms with van der Waals surface area (Å²) in [5, 5.41) is 0.134. The number of rotatable bonds is 4. The van der Waals surface area contributed by atoms with Crippen LogP contribution in [-0.4, -0.2) is 11.5 Å². The van der Waals surface area contributed by atoms with Gasteiger partial charge < -0.3 is 9.42 Å². The second-order valence-electron chi connectivity index (χ2n) is 2.74. The zero-order valence-corrected chi connectivity index (χ0v) is 8.71. The Balaban J connectivity index is 3.00. The molecule has 1 aromatic rings. The van der Waals surface area contributed by atoms with Gasteiger partial charge in [0.25, 0.3) is 0 Å². The summed E-state index contributed by atoms with van der Waals surface area (Å²) >= 11 is 0. The molecule has 78 valence electrons. The van der Waals surface area contributed by atoms with Crippen LogP contribution in [0.25, 0.3) is 0 Å². The van der Waals surface area contributed by atoms with E-state index >= 15 is 0 Å². The number of hydrogen-bond acceptors (Lipinski definition) is 2. The van der Waals surface area contributed by atoms with E-state index in [0.29, 0.717) is 5.56 Å². The van der Waals surface area contributed by atoms with E-state index in [-0.39, 0.29) is 11.9 Å². The predicted octanol–water partition coefficient (Wildman–Crippen LogP) is 2.00. The minimum absolute atomic E-state index is 0.134. The van der Waals surface area contributed by atoms with Crippen molar-refractivity contribution in [3.05, 3.63) is 29.8 Å². The molecule has 0 spiro atoms. The van der Waals surface area contributed by atoms with Crippen molar-refractivity contribution in [3.63, 3.8) is 0 Å². The molecule has 0 aliphatic carbocycles. The van der Waals surface area contributed by atoms with Gasteiger partial charge in [-0.1, -0.05) is 12.1 Å². The van der Waals surface area contributed by atoms with Crippen LogP contribution < -0.4 is 5.30 Å². The van der Waals surface area contributed by atoms with E-state index in [1.165, 1.54) is 18.2 Å². The Morgan fingerprint density at radius 1 is 1.57 bits per heavy atom. The molecule has 1 aromatic carbocycles. The summed E-state index contributed by atoms with van der Waals surface area (Å²) in [6, 6.07) is 5.88. The van der Waals surface area contributed by atoms with Crippen LogP contribution in [0.2, 0.25) is 0 Å². The van der Waals surface area contributed by atoms with Crippen LogP contribution in [-0.2, 0) is 15.8 Å². The summed E-state index contributed by atoms with van der Waals surface area (Å²) in [6.45, 7) is 1.12. The Morgan fingerprint density at radius 2 is 2.29 bits per heavy atom. The van der Waals surface area contributed by atoms with Crippen LogP contribution in [0.15, 0.2) is 24.3 Å². The summed E-state index contributed by atoms with van der Waals surface area (Å²) in [4.78, 5) is 9.42. The Morgan fingerprint density at radius 3 is 2.86 bits per heavy atom. The molecule has 0 fully saturated rings. The molecule has 0 bridgehead atoms. The molecule has 0 radical (unpaired) electrons. The monoisotopic (exact) mass is 218 g/mol. The maximum absolute atomic E-state index is 12.3. The van der Waals surface area contributed by atoms with E-state index in [1.54, 1.807) is 13.0 Å².